The maximum Gasteiger partial charge on any atom is 0.228 e. The van der Waals surface area contributed by atoms with E-state index in [1.807, 2.05) is 11.8 Å². The van der Waals surface area contributed by atoms with E-state index >= 15 is 0 Å². The van der Waals surface area contributed by atoms with Crippen LogP contribution in [0.5, 0.6) is 0 Å². The first-order valence-corrected chi connectivity index (χ1v) is 8.47. The van der Waals surface area contributed by atoms with Gasteiger partial charge in [0.15, 0.2) is 0 Å². The standard InChI is InChI=1S/C14H26N2OS/c1-14(6-8-15-9-7-14)13(17)16-10-3-4-12(18-2)5-11-16/h12,15H,3-11H2,1-2H3. The lowest BCUT2D eigenvalue weighted by Crippen LogP contribution is -2.48. The number of rotatable bonds is 2. The number of piperidine rings is 1. The van der Waals surface area contributed by atoms with Gasteiger partial charge in [-0.25, -0.2) is 0 Å². The molecule has 1 atom stereocenters. The van der Waals surface area contributed by atoms with Gasteiger partial charge in [-0.05, 0) is 51.4 Å². The molecule has 1 N–H and O–H groups in total. The lowest BCUT2D eigenvalue weighted by molar-refractivity contribution is -0.142. The van der Waals surface area contributed by atoms with Crippen molar-refractivity contribution in [1.29, 1.82) is 0 Å². The van der Waals surface area contributed by atoms with Gasteiger partial charge in [0.25, 0.3) is 0 Å². The Kier molecular flexibility index (Phi) is 4.96. The van der Waals surface area contributed by atoms with E-state index in [2.05, 4.69) is 23.4 Å². The minimum absolute atomic E-state index is 0.107. The number of nitrogens with one attached hydrogen (secondary N) is 1. The number of likely N-dealkylation sites (tertiary alicyclic amines) is 1. The second kappa shape index (κ2) is 6.29. The summed E-state index contributed by atoms with van der Waals surface area (Å²) in [5, 5.41) is 4.11. The Labute approximate surface area is 115 Å². The molecule has 0 aromatic rings. The molecule has 2 aliphatic rings. The lowest BCUT2D eigenvalue weighted by Gasteiger charge is -2.37. The van der Waals surface area contributed by atoms with Gasteiger partial charge in [-0.1, -0.05) is 6.92 Å². The van der Waals surface area contributed by atoms with Crippen molar-refractivity contribution in [2.24, 2.45) is 5.41 Å². The molecule has 0 saturated carbocycles. The van der Waals surface area contributed by atoms with Gasteiger partial charge < -0.3 is 10.2 Å². The number of carbonyl (C=O) groups excluding carboxylic acids is 1. The average Bonchev–Trinajstić information content (AvgIpc) is 2.64. The van der Waals surface area contributed by atoms with Crippen LogP contribution in [0.3, 0.4) is 0 Å². The minimum atomic E-state index is -0.107. The Morgan fingerprint density at radius 1 is 1.28 bits per heavy atom. The molecule has 2 heterocycles. The minimum Gasteiger partial charge on any atom is -0.342 e. The first-order valence-electron chi connectivity index (χ1n) is 7.18. The molecule has 0 aliphatic carbocycles. The summed E-state index contributed by atoms with van der Waals surface area (Å²) >= 11 is 1.96. The highest BCUT2D eigenvalue weighted by atomic mass is 32.2. The summed E-state index contributed by atoms with van der Waals surface area (Å²) in [4.78, 5) is 14.9. The molecule has 0 aromatic carbocycles. The van der Waals surface area contributed by atoms with E-state index in [-0.39, 0.29) is 5.41 Å². The van der Waals surface area contributed by atoms with Crippen LogP contribution in [0.25, 0.3) is 0 Å². The Balaban J connectivity index is 1.95. The predicted octanol–water partition coefficient (Wildman–Crippen LogP) is 2.12. The van der Waals surface area contributed by atoms with Gasteiger partial charge in [0.05, 0.1) is 0 Å². The Hall–Kier alpha value is -0.220. The van der Waals surface area contributed by atoms with Crippen LogP contribution in [0, 0.1) is 5.41 Å². The van der Waals surface area contributed by atoms with Crippen molar-refractivity contribution < 1.29 is 4.79 Å². The molecule has 2 rings (SSSR count). The molecular formula is C14H26N2OS. The van der Waals surface area contributed by atoms with Crippen LogP contribution in [0.15, 0.2) is 0 Å². The highest BCUT2D eigenvalue weighted by molar-refractivity contribution is 7.99. The molecule has 0 bridgehead atoms. The zero-order valence-corrected chi connectivity index (χ0v) is 12.5. The third kappa shape index (κ3) is 3.21. The predicted molar refractivity (Wildman–Crippen MR) is 77.9 cm³/mol. The molecule has 2 saturated heterocycles. The molecular weight excluding hydrogens is 244 g/mol. The monoisotopic (exact) mass is 270 g/mol. The van der Waals surface area contributed by atoms with E-state index in [0.717, 1.165) is 44.3 Å². The van der Waals surface area contributed by atoms with Gasteiger partial charge in [-0.3, -0.25) is 4.79 Å². The number of amides is 1. The van der Waals surface area contributed by atoms with Crippen LogP contribution in [0.4, 0.5) is 0 Å². The zero-order chi connectivity index (χ0) is 13.0. The number of carbonyl (C=O) groups is 1. The van der Waals surface area contributed by atoms with Crippen molar-refractivity contribution in [2.45, 2.75) is 44.3 Å². The highest BCUT2D eigenvalue weighted by Crippen LogP contribution is 2.32. The summed E-state index contributed by atoms with van der Waals surface area (Å²) in [7, 11) is 0. The van der Waals surface area contributed by atoms with Gasteiger partial charge in [-0.15, -0.1) is 0 Å². The highest BCUT2D eigenvalue weighted by Gasteiger charge is 2.37. The van der Waals surface area contributed by atoms with Crippen molar-refractivity contribution in [2.75, 3.05) is 32.4 Å². The fourth-order valence-electron chi connectivity index (χ4n) is 3.08. The normalized spacial score (nSPS) is 28.8. The van der Waals surface area contributed by atoms with Crippen LogP contribution in [0.1, 0.15) is 39.0 Å². The van der Waals surface area contributed by atoms with E-state index in [9.17, 15) is 4.79 Å². The zero-order valence-electron chi connectivity index (χ0n) is 11.7. The average molecular weight is 270 g/mol. The van der Waals surface area contributed by atoms with Crippen molar-refractivity contribution in [1.82, 2.24) is 10.2 Å². The molecule has 0 spiro atoms. The van der Waals surface area contributed by atoms with Gasteiger partial charge in [0.1, 0.15) is 0 Å². The van der Waals surface area contributed by atoms with Gasteiger partial charge in [0.2, 0.25) is 5.91 Å². The molecule has 4 heteroatoms. The first-order chi connectivity index (χ1) is 8.65. The van der Waals surface area contributed by atoms with Crippen LogP contribution in [-0.4, -0.2) is 48.5 Å². The molecule has 2 aliphatic heterocycles. The summed E-state index contributed by atoms with van der Waals surface area (Å²) in [5.41, 5.74) is -0.107. The molecule has 18 heavy (non-hydrogen) atoms. The number of thioether (sulfide) groups is 1. The maximum absolute atomic E-state index is 12.7. The number of hydrogen-bond acceptors (Lipinski definition) is 3. The smallest absolute Gasteiger partial charge is 0.228 e. The second-order valence-electron chi connectivity index (χ2n) is 5.89. The summed E-state index contributed by atoms with van der Waals surface area (Å²) in [6.07, 6.45) is 7.79. The summed E-state index contributed by atoms with van der Waals surface area (Å²) < 4.78 is 0. The molecule has 0 radical (unpaired) electrons. The van der Waals surface area contributed by atoms with Crippen molar-refractivity contribution in [3.63, 3.8) is 0 Å². The Morgan fingerprint density at radius 3 is 2.67 bits per heavy atom. The van der Waals surface area contributed by atoms with Crippen molar-refractivity contribution in [3.8, 4) is 0 Å². The van der Waals surface area contributed by atoms with Crippen LogP contribution in [0.2, 0.25) is 0 Å². The summed E-state index contributed by atoms with van der Waals surface area (Å²) in [5.74, 6) is 0.408. The fourth-order valence-corrected chi connectivity index (χ4v) is 3.82. The third-order valence-electron chi connectivity index (χ3n) is 4.52. The first kappa shape index (κ1) is 14.2. The van der Waals surface area contributed by atoms with Gasteiger partial charge >= 0.3 is 0 Å². The van der Waals surface area contributed by atoms with Gasteiger partial charge in [-0.2, -0.15) is 11.8 Å². The van der Waals surface area contributed by atoms with Crippen LogP contribution < -0.4 is 5.32 Å². The van der Waals surface area contributed by atoms with Crippen molar-refractivity contribution >= 4 is 17.7 Å². The van der Waals surface area contributed by atoms with E-state index in [1.165, 1.54) is 19.3 Å². The topological polar surface area (TPSA) is 32.3 Å². The molecule has 104 valence electrons. The summed E-state index contributed by atoms with van der Waals surface area (Å²) in [6, 6.07) is 0. The number of nitrogens with zero attached hydrogens (tertiary/aromatic N) is 1. The third-order valence-corrected chi connectivity index (χ3v) is 5.66. The number of hydrogen-bond donors (Lipinski definition) is 1. The Morgan fingerprint density at radius 2 is 2.00 bits per heavy atom. The molecule has 3 nitrogen and oxygen atoms in total. The van der Waals surface area contributed by atoms with E-state index in [0.29, 0.717) is 5.91 Å². The maximum atomic E-state index is 12.7. The van der Waals surface area contributed by atoms with Crippen LogP contribution >= 0.6 is 11.8 Å². The van der Waals surface area contributed by atoms with E-state index in [4.69, 9.17) is 0 Å². The SMILES string of the molecule is CSC1CCCN(C(=O)C2(C)CCNCC2)CC1. The molecule has 0 aromatic heterocycles. The Bertz CT molecular complexity index is 290. The largest absolute Gasteiger partial charge is 0.342 e. The van der Waals surface area contributed by atoms with E-state index in [1.54, 1.807) is 0 Å². The van der Waals surface area contributed by atoms with Gasteiger partial charge in [0, 0.05) is 23.8 Å². The molecule has 1 amide bonds. The summed E-state index contributed by atoms with van der Waals surface area (Å²) in [6.45, 7) is 6.08. The second-order valence-corrected chi connectivity index (χ2v) is 7.03. The fraction of sp³-hybridized carbons (Fsp3) is 0.929. The van der Waals surface area contributed by atoms with E-state index < -0.39 is 0 Å². The van der Waals surface area contributed by atoms with Crippen molar-refractivity contribution in [3.05, 3.63) is 0 Å². The van der Waals surface area contributed by atoms with Crippen LogP contribution in [-0.2, 0) is 4.79 Å². The molecule has 1 unspecified atom stereocenters. The lowest BCUT2D eigenvalue weighted by atomic mass is 9.79. The molecule has 2 fully saturated rings. The quantitative estimate of drug-likeness (QED) is 0.834.